The van der Waals surface area contributed by atoms with Gasteiger partial charge in [-0.2, -0.15) is 0 Å². The lowest BCUT2D eigenvalue weighted by atomic mass is 9.97. The van der Waals surface area contributed by atoms with Crippen LogP contribution >= 0.6 is 11.8 Å². The Morgan fingerprint density at radius 1 is 1.36 bits per heavy atom. The summed E-state index contributed by atoms with van der Waals surface area (Å²) >= 11 is 1.85. The predicted molar refractivity (Wildman–Crippen MR) is 89.0 cm³/mol. The topological polar surface area (TPSA) is 61.4 Å². The van der Waals surface area contributed by atoms with Gasteiger partial charge in [-0.05, 0) is 50.7 Å². The average Bonchev–Trinajstić information content (AvgIpc) is 3.41. The Bertz CT molecular complexity index is 529. The molecule has 4 nitrogen and oxygen atoms in total. The molecule has 0 spiro atoms. The molecule has 0 aliphatic heterocycles. The van der Waals surface area contributed by atoms with Gasteiger partial charge in [-0.25, -0.2) is 4.79 Å². The summed E-state index contributed by atoms with van der Waals surface area (Å²) in [5.74, 6) is 0.414. The van der Waals surface area contributed by atoms with Gasteiger partial charge >= 0.3 is 6.03 Å². The van der Waals surface area contributed by atoms with Crippen LogP contribution in [0.2, 0.25) is 0 Å². The fourth-order valence-electron chi connectivity index (χ4n) is 2.73. The summed E-state index contributed by atoms with van der Waals surface area (Å²) in [6.07, 6.45) is 4.44. The molecule has 0 saturated heterocycles. The Morgan fingerprint density at radius 2 is 2.05 bits per heavy atom. The van der Waals surface area contributed by atoms with Gasteiger partial charge in [0.05, 0.1) is 12.1 Å². The van der Waals surface area contributed by atoms with Crippen LogP contribution in [-0.4, -0.2) is 34.6 Å². The number of carbonyl (C=O) groups excluding carboxylic acids is 1. The van der Waals surface area contributed by atoms with Crippen molar-refractivity contribution in [1.29, 1.82) is 0 Å². The molecule has 2 fully saturated rings. The van der Waals surface area contributed by atoms with Crippen molar-refractivity contribution in [2.24, 2.45) is 5.92 Å². The van der Waals surface area contributed by atoms with Gasteiger partial charge in [0.2, 0.25) is 0 Å². The second-order valence-corrected chi connectivity index (χ2v) is 8.30. The molecule has 1 aromatic carbocycles. The van der Waals surface area contributed by atoms with E-state index >= 15 is 0 Å². The first-order chi connectivity index (χ1) is 10.6. The first-order valence-corrected chi connectivity index (χ1v) is 8.78. The molecule has 2 amide bonds. The highest BCUT2D eigenvalue weighted by Crippen LogP contribution is 2.51. The largest absolute Gasteiger partial charge is 0.394 e. The smallest absolute Gasteiger partial charge is 0.315 e. The van der Waals surface area contributed by atoms with Crippen LogP contribution in [0.4, 0.5) is 4.79 Å². The summed E-state index contributed by atoms with van der Waals surface area (Å²) in [6, 6.07) is 10.2. The molecule has 0 radical (unpaired) electrons. The van der Waals surface area contributed by atoms with Crippen LogP contribution in [0.3, 0.4) is 0 Å². The molecule has 1 aromatic rings. The van der Waals surface area contributed by atoms with E-state index in [1.807, 2.05) is 36.9 Å². The normalized spacial score (nSPS) is 21.7. The molecule has 0 aromatic heterocycles. The van der Waals surface area contributed by atoms with E-state index in [2.05, 4.69) is 22.8 Å². The zero-order valence-electron chi connectivity index (χ0n) is 13.0. The number of amides is 2. The third-order valence-electron chi connectivity index (χ3n) is 4.66. The number of benzene rings is 1. The molecule has 2 aliphatic carbocycles. The van der Waals surface area contributed by atoms with Crippen molar-refractivity contribution in [2.75, 3.05) is 13.2 Å². The maximum absolute atomic E-state index is 12.1. The number of hydrogen-bond acceptors (Lipinski definition) is 3. The van der Waals surface area contributed by atoms with Gasteiger partial charge in [0.15, 0.2) is 0 Å². The third-order valence-corrected chi connectivity index (χ3v) is 6.16. The molecular formula is C17H24N2O2S. The second kappa shape index (κ2) is 6.13. The monoisotopic (exact) mass is 320 g/mol. The van der Waals surface area contributed by atoms with Crippen molar-refractivity contribution >= 4 is 17.8 Å². The number of nitrogens with one attached hydrogen (secondary N) is 2. The summed E-state index contributed by atoms with van der Waals surface area (Å²) in [4.78, 5) is 13.4. The maximum Gasteiger partial charge on any atom is 0.315 e. The molecule has 2 saturated carbocycles. The van der Waals surface area contributed by atoms with Crippen LogP contribution in [0.1, 0.15) is 32.6 Å². The molecular weight excluding hydrogens is 296 g/mol. The highest BCUT2D eigenvalue weighted by Gasteiger charge is 2.45. The van der Waals surface area contributed by atoms with E-state index in [-0.39, 0.29) is 17.4 Å². The van der Waals surface area contributed by atoms with Crippen LogP contribution in [0.15, 0.2) is 35.2 Å². The molecule has 5 heteroatoms. The highest BCUT2D eigenvalue weighted by molar-refractivity contribution is 8.01. The van der Waals surface area contributed by atoms with E-state index in [1.54, 1.807) is 0 Å². The molecule has 120 valence electrons. The number of carbonyl (C=O) groups is 1. The molecule has 1 atom stereocenters. The lowest BCUT2D eigenvalue weighted by Gasteiger charge is -2.29. The number of thioether (sulfide) groups is 1. The average molecular weight is 320 g/mol. The SMILES string of the molecule is CC(CO)(NC(=O)NCC1(Sc2ccccc2)CC1)C1CC1. The number of hydrogen-bond donors (Lipinski definition) is 3. The molecule has 3 N–H and O–H groups in total. The van der Waals surface area contributed by atoms with Crippen molar-refractivity contribution in [3.8, 4) is 0 Å². The quantitative estimate of drug-likeness (QED) is 0.724. The number of aliphatic hydroxyl groups excluding tert-OH is 1. The van der Waals surface area contributed by atoms with Crippen LogP contribution in [0.25, 0.3) is 0 Å². The van der Waals surface area contributed by atoms with Gasteiger partial charge in [0.1, 0.15) is 0 Å². The van der Waals surface area contributed by atoms with Crippen molar-refractivity contribution in [2.45, 2.75) is 47.8 Å². The fourth-order valence-corrected chi connectivity index (χ4v) is 3.97. The second-order valence-electron chi connectivity index (χ2n) is 6.76. The summed E-state index contributed by atoms with van der Waals surface area (Å²) in [6.45, 7) is 2.59. The van der Waals surface area contributed by atoms with Crippen LogP contribution in [0, 0.1) is 5.92 Å². The first-order valence-electron chi connectivity index (χ1n) is 7.96. The van der Waals surface area contributed by atoms with E-state index in [1.165, 1.54) is 4.90 Å². The van der Waals surface area contributed by atoms with Crippen LogP contribution in [0.5, 0.6) is 0 Å². The summed E-state index contributed by atoms with van der Waals surface area (Å²) < 4.78 is 0.147. The lowest BCUT2D eigenvalue weighted by molar-refractivity contribution is 0.155. The molecule has 3 rings (SSSR count). The van der Waals surface area contributed by atoms with Crippen LogP contribution in [-0.2, 0) is 0 Å². The molecule has 0 heterocycles. The molecule has 0 bridgehead atoms. The van der Waals surface area contributed by atoms with Gasteiger partial charge in [-0.1, -0.05) is 18.2 Å². The first kappa shape index (κ1) is 15.7. The Balaban J connectivity index is 1.48. The van der Waals surface area contributed by atoms with Crippen molar-refractivity contribution < 1.29 is 9.90 Å². The van der Waals surface area contributed by atoms with E-state index in [0.29, 0.717) is 12.5 Å². The maximum atomic E-state index is 12.1. The molecule has 1 unspecified atom stereocenters. The predicted octanol–water partition coefficient (Wildman–Crippen LogP) is 2.77. The van der Waals surface area contributed by atoms with Crippen molar-refractivity contribution in [1.82, 2.24) is 10.6 Å². The minimum absolute atomic E-state index is 0.00497. The summed E-state index contributed by atoms with van der Waals surface area (Å²) in [7, 11) is 0. The highest BCUT2D eigenvalue weighted by atomic mass is 32.2. The molecule has 2 aliphatic rings. The Morgan fingerprint density at radius 3 is 2.59 bits per heavy atom. The van der Waals surface area contributed by atoms with Crippen molar-refractivity contribution in [3.63, 3.8) is 0 Å². The number of urea groups is 1. The standard InChI is InChI=1S/C17H24N2O2S/c1-16(12-20,13-7-8-13)19-15(21)18-11-17(9-10-17)22-14-5-3-2-4-6-14/h2-6,13,20H,7-12H2,1H3,(H2,18,19,21). The summed E-state index contributed by atoms with van der Waals surface area (Å²) in [5.41, 5.74) is -0.479. The van der Waals surface area contributed by atoms with Gasteiger partial charge in [0, 0.05) is 16.2 Å². The van der Waals surface area contributed by atoms with E-state index in [9.17, 15) is 9.90 Å². The Hall–Kier alpha value is -1.20. The van der Waals surface area contributed by atoms with E-state index < -0.39 is 5.54 Å². The zero-order chi connectivity index (χ0) is 15.6. The Kier molecular flexibility index (Phi) is 4.37. The van der Waals surface area contributed by atoms with Crippen molar-refractivity contribution in [3.05, 3.63) is 30.3 Å². The van der Waals surface area contributed by atoms with Gasteiger partial charge in [-0.15, -0.1) is 11.8 Å². The lowest BCUT2D eigenvalue weighted by Crippen LogP contribution is -2.54. The minimum atomic E-state index is -0.479. The van der Waals surface area contributed by atoms with Crippen LogP contribution < -0.4 is 10.6 Å². The zero-order valence-corrected chi connectivity index (χ0v) is 13.8. The minimum Gasteiger partial charge on any atom is -0.394 e. The van der Waals surface area contributed by atoms with Gasteiger partial charge in [-0.3, -0.25) is 0 Å². The summed E-state index contributed by atoms with van der Waals surface area (Å²) in [5, 5.41) is 15.5. The van der Waals surface area contributed by atoms with E-state index in [0.717, 1.165) is 25.7 Å². The third kappa shape index (κ3) is 3.76. The molecule has 22 heavy (non-hydrogen) atoms. The number of aliphatic hydroxyl groups is 1. The van der Waals surface area contributed by atoms with E-state index in [4.69, 9.17) is 0 Å². The number of rotatable bonds is 7. The van der Waals surface area contributed by atoms with Gasteiger partial charge < -0.3 is 15.7 Å². The fraction of sp³-hybridized carbons (Fsp3) is 0.588. The Labute approximate surface area is 136 Å². The van der Waals surface area contributed by atoms with Gasteiger partial charge in [0.25, 0.3) is 0 Å².